The number of hydrogen-bond donors (Lipinski definition) is 2. The molecule has 3 nitrogen and oxygen atoms in total. The standard InChI is InChI=1S/C7H13Cl2NO2/c8-4-1-2-7(10,3-5-9)6(11)12/h1-5,10H2,(H,11,12). The van der Waals surface area contributed by atoms with Crippen molar-refractivity contribution in [3.8, 4) is 0 Å². The summed E-state index contributed by atoms with van der Waals surface area (Å²) in [6.07, 6.45) is 1.25. The fourth-order valence-corrected chi connectivity index (χ4v) is 1.36. The van der Waals surface area contributed by atoms with Crippen molar-refractivity contribution in [2.45, 2.75) is 24.8 Å². The number of carboxylic acid groups (broad SMARTS) is 1. The van der Waals surface area contributed by atoms with Crippen molar-refractivity contribution in [2.75, 3.05) is 11.8 Å². The highest BCUT2D eigenvalue weighted by molar-refractivity contribution is 6.18. The molecule has 0 heterocycles. The van der Waals surface area contributed by atoms with Gasteiger partial charge >= 0.3 is 5.97 Å². The fourth-order valence-electron chi connectivity index (χ4n) is 0.890. The summed E-state index contributed by atoms with van der Waals surface area (Å²) in [5.41, 5.74) is 4.40. The van der Waals surface area contributed by atoms with Crippen molar-refractivity contribution in [3.05, 3.63) is 0 Å². The third-order valence-electron chi connectivity index (χ3n) is 1.72. The van der Waals surface area contributed by atoms with Crippen molar-refractivity contribution >= 4 is 29.2 Å². The Morgan fingerprint density at radius 2 is 1.92 bits per heavy atom. The molecule has 0 fully saturated rings. The number of rotatable bonds is 6. The van der Waals surface area contributed by atoms with Gasteiger partial charge in [-0.2, -0.15) is 0 Å². The molecule has 1 atom stereocenters. The fraction of sp³-hybridized carbons (Fsp3) is 0.857. The minimum atomic E-state index is -1.20. The zero-order valence-electron chi connectivity index (χ0n) is 6.72. The van der Waals surface area contributed by atoms with Crippen molar-refractivity contribution in [1.29, 1.82) is 0 Å². The monoisotopic (exact) mass is 213 g/mol. The van der Waals surface area contributed by atoms with Crippen molar-refractivity contribution in [3.63, 3.8) is 0 Å². The predicted molar refractivity (Wildman–Crippen MR) is 49.8 cm³/mol. The van der Waals surface area contributed by atoms with E-state index < -0.39 is 11.5 Å². The predicted octanol–water partition coefficient (Wildman–Crippen LogP) is 1.42. The topological polar surface area (TPSA) is 63.3 Å². The summed E-state index contributed by atoms with van der Waals surface area (Å²) in [4.78, 5) is 10.7. The molecule has 1 unspecified atom stereocenters. The maximum Gasteiger partial charge on any atom is 0.323 e. The van der Waals surface area contributed by atoms with E-state index in [0.29, 0.717) is 18.7 Å². The molecule has 0 aliphatic carbocycles. The number of halogens is 2. The summed E-state index contributed by atoms with van der Waals surface area (Å²) < 4.78 is 0. The third kappa shape index (κ3) is 3.61. The Bertz CT molecular complexity index is 154. The molecule has 0 aliphatic rings. The summed E-state index contributed by atoms with van der Waals surface area (Å²) >= 11 is 10.9. The minimum Gasteiger partial charge on any atom is -0.480 e. The SMILES string of the molecule is NC(CCCl)(CCCCl)C(=O)O. The summed E-state index contributed by atoms with van der Waals surface area (Å²) in [6, 6.07) is 0. The first-order chi connectivity index (χ1) is 5.56. The van der Waals surface area contributed by atoms with E-state index in [0.717, 1.165) is 0 Å². The Kier molecular flexibility index (Phi) is 5.63. The van der Waals surface area contributed by atoms with Crippen LogP contribution in [0.15, 0.2) is 0 Å². The lowest BCUT2D eigenvalue weighted by Gasteiger charge is -2.22. The summed E-state index contributed by atoms with van der Waals surface area (Å²) in [5.74, 6) is -0.326. The van der Waals surface area contributed by atoms with Crippen LogP contribution in [0, 0.1) is 0 Å². The number of alkyl halides is 2. The Morgan fingerprint density at radius 3 is 2.25 bits per heavy atom. The molecule has 0 radical (unpaired) electrons. The van der Waals surface area contributed by atoms with Gasteiger partial charge in [0, 0.05) is 11.8 Å². The van der Waals surface area contributed by atoms with Gasteiger partial charge in [0.25, 0.3) is 0 Å². The average Bonchev–Trinajstić information content (AvgIpc) is 2.01. The van der Waals surface area contributed by atoms with Crippen molar-refractivity contribution in [2.24, 2.45) is 5.73 Å². The summed E-state index contributed by atoms with van der Waals surface area (Å²) in [6.45, 7) is 0. The molecular formula is C7H13Cl2NO2. The first-order valence-corrected chi connectivity index (χ1v) is 4.78. The lowest BCUT2D eigenvalue weighted by atomic mass is 9.92. The quantitative estimate of drug-likeness (QED) is 0.657. The second kappa shape index (κ2) is 5.62. The Balaban J connectivity index is 4.08. The molecule has 0 bridgehead atoms. The van der Waals surface area contributed by atoms with Gasteiger partial charge in [0.15, 0.2) is 0 Å². The van der Waals surface area contributed by atoms with E-state index in [2.05, 4.69) is 0 Å². The van der Waals surface area contributed by atoms with Crippen LogP contribution in [-0.4, -0.2) is 28.4 Å². The van der Waals surface area contributed by atoms with E-state index in [1.54, 1.807) is 0 Å². The van der Waals surface area contributed by atoms with Crippen LogP contribution in [0.1, 0.15) is 19.3 Å². The second-order valence-corrected chi connectivity index (χ2v) is 3.45. The zero-order chi connectivity index (χ0) is 9.61. The van der Waals surface area contributed by atoms with Gasteiger partial charge in [-0.1, -0.05) is 0 Å². The van der Waals surface area contributed by atoms with Gasteiger partial charge in [-0.05, 0) is 19.3 Å². The van der Waals surface area contributed by atoms with Crippen LogP contribution >= 0.6 is 23.2 Å². The molecule has 72 valence electrons. The molecular weight excluding hydrogens is 201 g/mol. The Labute approximate surface area is 81.8 Å². The van der Waals surface area contributed by atoms with Gasteiger partial charge < -0.3 is 10.8 Å². The normalized spacial score (nSPS) is 15.6. The van der Waals surface area contributed by atoms with Gasteiger partial charge in [-0.25, -0.2) is 0 Å². The summed E-state index contributed by atoms with van der Waals surface area (Å²) in [5, 5.41) is 8.76. The van der Waals surface area contributed by atoms with Crippen LogP contribution in [-0.2, 0) is 4.79 Å². The minimum absolute atomic E-state index is 0.255. The van der Waals surface area contributed by atoms with Crippen LogP contribution < -0.4 is 5.73 Å². The molecule has 3 N–H and O–H groups in total. The Hall–Kier alpha value is 0.01000. The molecule has 12 heavy (non-hydrogen) atoms. The highest BCUT2D eigenvalue weighted by Gasteiger charge is 2.32. The molecule has 0 amide bonds. The molecule has 0 spiro atoms. The first kappa shape index (κ1) is 12.0. The molecule has 0 aromatic rings. The van der Waals surface area contributed by atoms with Gasteiger partial charge in [-0.3, -0.25) is 4.79 Å². The molecule has 5 heteroatoms. The molecule has 0 saturated carbocycles. The van der Waals surface area contributed by atoms with E-state index in [1.165, 1.54) is 0 Å². The maximum atomic E-state index is 10.7. The van der Waals surface area contributed by atoms with Crippen LogP contribution in [0.2, 0.25) is 0 Å². The van der Waals surface area contributed by atoms with E-state index in [9.17, 15) is 4.79 Å². The first-order valence-electron chi connectivity index (χ1n) is 3.71. The van der Waals surface area contributed by atoms with Crippen LogP contribution in [0.3, 0.4) is 0 Å². The smallest absolute Gasteiger partial charge is 0.323 e. The zero-order valence-corrected chi connectivity index (χ0v) is 8.24. The van der Waals surface area contributed by atoms with E-state index in [1.807, 2.05) is 0 Å². The van der Waals surface area contributed by atoms with Gasteiger partial charge in [0.1, 0.15) is 5.54 Å². The van der Waals surface area contributed by atoms with Gasteiger partial charge in [0.2, 0.25) is 0 Å². The maximum absolute atomic E-state index is 10.7. The van der Waals surface area contributed by atoms with E-state index in [-0.39, 0.29) is 12.3 Å². The lowest BCUT2D eigenvalue weighted by molar-refractivity contribution is -0.143. The third-order valence-corrected chi connectivity index (χ3v) is 2.18. The van der Waals surface area contributed by atoms with Crippen LogP contribution in [0.4, 0.5) is 0 Å². The molecule has 0 saturated heterocycles. The Morgan fingerprint density at radius 1 is 1.33 bits per heavy atom. The number of carbonyl (C=O) groups is 1. The van der Waals surface area contributed by atoms with E-state index in [4.69, 9.17) is 34.0 Å². The van der Waals surface area contributed by atoms with Crippen LogP contribution in [0.5, 0.6) is 0 Å². The molecule has 0 aromatic carbocycles. The highest BCUT2D eigenvalue weighted by atomic mass is 35.5. The van der Waals surface area contributed by atoms with Crippen LogP contribution in [0.25, 0.3) is 0 Å². The van der Waals surface area contributed by atoms with E-state index >= 15 is 0 Å². The summed E-state index contributed by atoms with van der Waals surface area (Å²) in [7, 11) is 0. The highest BCUT2D eigenvalue weighted by Crippen LogP contribution is 2.16. The molecule has 0 aromatic heterocycles. The number of carboxylic acids is 1. The van der Waals surface area contributed by atoms with Gasteiger partial charge in [0.05, 0.1) is 0 Å². The lowest BCUT2D eigenvalue weighted by Crippen LogP contribution is -2.48. The van der Waals surface area contributed by atoms with Crippen molar-refractivity contribution < 1.29 is 9.90 Å². The van der Waals surface area contributed by atoms with Gasteiger partial charge in [-0.15, -0.1) is 23.2 Å². The van der Waals surface area contributed by atoms with Crippen molar-refractivity contribution in [1.82, 2.24) is 0 Å². The number of aliphatic carboxylic acids is 1. The molecule has 0 aliphatic heterocycles. The largest absolute Gasteiger partial charge is 0.480 e. The number of nitrogens with two attached hydrogens (primary N) is 1. The molecule has 0 rings (SSSR count). The average molecular weight is 214 g/mol. The number of hydrogen-bond acceptors (Lipinski definition) is 2. The second-order valence-electron chi connectivity index (χ2n) is 2.69.